The Bertz CT molecular complexity index is 664. The van der Waals surface area contributed by atoms with Crippen molar-refractivity contribution in [3.63, 3.8) is 0 Å². The van der Waals surface area contributed by atoms with Gasteiger partial charge in [0.1, 0.15) is 0 Å². The van der Waals surface area contributed by atoms with E-state index in [4.69, 9.17) is 0 Å². The van der Waals surface area contributed by atoms with E-state index in [-0.39, 0.29) is 5.91 Å². The summed E-state index contributed by atoms with van der Waals surface area (Å²) in [5.41, 5.74) is 5.13. The fourth-order valence-electron chi connectivity index (χ4n) is 2.87. The second-order valence-corrected chi connectivity index (χ2v) is 5.33. The molecule has 0 bridgehead atoms. The highest BCUT2D eigenvalue weighted by atomic mass is 16.1. The summed E-state index contributed by atoms with van der Waals surface area (Å²) >= 11 is 0. The number of hydrogen-bond donors (Lipinski definition) is 2. The van der Waals surface area contributed by atoms with Crippen molar-refractivity contribution in [2.24, 2.45) is 0 Å². The third kappa shape index (κ3) is 2.77. The third-order valence-electron chi connectivity index (χ3n) is 3.99. The molecule has 0 atom stereocenters. The van der Waals surface area contributed by atoms with Gasteiger partial charge in [-0.3, -0.25) is 4.79 Å². The summed E-state index contributed by atoms with van der Waals surface area (Å²) in [6, 6.07) is 13.8. The molecule has 3 rings (SSSR count). The maximum atomic E-state index is 12.5. The number of carbonyl (C=O) groups excluding carboxylic acids is 1. The Morgan fingerprint density at radius 1 is 1.19 bits per heavy atom. The molecular weight excluding hydrogens is 260 g/mol. The zero-order chi connectivity index (χ0) is 14.7. The molecule has 108 valence electrons. The van der Waals surface area contributed by atoms with Crippen LogP contribution in [0.15, 0.2) is 42.5 Å². The lowest BCUT2D eigenvalue weighted by Crippen LogP contribution is -2.18. The van der Waals surface area contributed by atoms with Crippen LogP contribution in [-0.2, 0) is 12.8 Å². The Morgan fingerprint density at radius 3 is 2.90 bits per heavy atom. The number of rotatable bonds is 3. The molecule has 0 spiro atoms. The molecule has 0 saturated carbocycles. The smallest absolute Gasteiger partial charge is 0.255 e. The van der Waals surface area contributed by atoms with Gasteiger partial charge in [0, 0.05) is 23.5 Å². The van der Waals surface area contributed by atoms with E-state index in [1.54, 1.807) is 0 Å². The number of benzene rings is 2. The van der Waals surface area contributed by atoms with E-state index in [1.807, 2.05) is 36.4 Å². The maximum absolute atomic E-state index is 12.5. The van der Waals surface area contributed by atoms with Crippen LogP contribution in [0.5, 0.6) is 0 Å². The predicted molar refractivity (Wildman–Crippen MR) is 87.0 cm³/mol. The molecule has 0 fully saturated rings. The maximum Gasteiger partial charge on any atom is 0.255 e. The first-order valence-corrected chi connectivity index (χ1v) is 7.54. The van der Waals surface area contributed by atoms with Crippen molar-refractivity contribution in [1.82, 2.24) is 0 Å². The van der Waals surface area contributed by atoms with Crippen LogP contribution >= 0.6 is 0 Å². The Kier molecular flexibility index (Phi) is 3.91. The van der Waals surface area contributed by atoms with Crippen molar-refractivity contribution in [2.45, 2.75) is 26.2 Å². The number of fused-ring (bicyclic) bond motifs is 1. The van der Waals surface area contributed by atoms with E-state index in [9.17, 15) is 4.79 Å². The molecule has 1 aliphatic heterocycles. The van der Waals surface area contributed by atoms with Crippen molar-refractivity contribution in [3.05, 3.63) is 59.2 Å². The second kappa shape index (κ2) is 6.00. The standard InChI is InChI=1S/C18H20N2O/c1-2-13-7-3-4-8-14(13)18(21)20-17-11-5-10-16-15(17)9-6-12-19-16/h3-5,7-8,10-11,19H,2,6,9,12H2,1H3,(H,20,21). The van der Waals surface area contributed by atoms with Crippen LogP contribution in [-0.4, -0.2) is 12.5 Å². The number of hydrogen-bond acceptors (Lipinski definition) is 2. The minimum Gasteiger partial charge on any atom is -0.385 e. The van der Waals surface area contributed by atoms with E-state index in [1.165, 1.54) is 5.56 Å². The van der Waals surface area contributed by atoms with E-state index in [0.29, 0.717) is 0 Å². The Labute approximate surface area is 125 Å². The van der Waals surface area contributed by atoms with Gasteiger partial charge in [-0.25, -0.2) is 0 Å². The first-order chi connectivity index (χ1) is 10.3. The van der Waals surface area contributed by atoms with Gasteiger partial charge in [-0.05, 0) is 48.6 Å². The molecule has 1 amide bonds. The average molecular weight is 280 g/mol. The van der Waals surface area contributed by atoms with Gasteiger partial charge in [-0.15, -0.1) is 0 Å². The molecule has 0 radical (unpaired) electrons. The van der Waals surface area contributed by atoms with Gasteiger partial charge in [0.2, 0.25) is 0 Å². The quantitative estimate of drug-likeness (QED) is 0.896. The molecule has 2 aromatic carbocycles. The number of aryl methyl sites for hydroxylation is 1. The Balaban J connectivity index is 1.88. The number of anilines is 2. The molecule has 0 saturated heterocycles. The molecule has 3 heteroatoms. The van der Waals surface area contributed by atoms with Crippen LogP contribution in [0.3, 0.4) is 0 Å². The summed E-state index contributed by atoms with van der Waals surface area (Å²) in [7, 11) is 0. The molecule has 21 heavy (non-hydrogen) atoms. The van der Waals surface area contributed by atoms with Gasteiger partial charge in [0.15, 0.2) is 0 Å². The normalized spacial score (nSPS) is 13.2. The van der Waals surface area contributed by atoms with Crippen LogP contribution in [0.2, 0.25) is 0 Å². The van der Waals surface area contributed by atoms with Crippen molar-refractivity contribution in [3.8, 4) is 0 Å². The van der Waals surface area contributed by atoms with E-state index >= 15 is 0 Å². The summed E-state index contributed by atoms with van der Waals surface area (Å²) in [6.45, 7) is 3.07. The minimum absolute atomic E-state index is 0.0218. The summed E-state index contributed by atoms with van der Waals surface area (Å²) in [6.07, 6.45) is 2.97. The molecule has 0 aliphatic carbocycles. The molecular formula is C18H20N2O. The predicted octanol–water partition coefficient (Wildman–Crippen LogP) is 3.86. The van der Waals surface area contributed by atoms with Gasteiger partial charge in [-0.1, -0.05) is 31.2 Å². The lowest BCUT2D eigenvalue weighted by atomic mass is 10.0. The van der Waals surface area contributed by atoms with Crippen molar-refractivity contribution >= 4 is 17.3 Å². The molecule has 0 aromatic heterocycles. The fraction of sp³-hybridized carbons (Fsp3) is 0.278. The van der Waals surface area contributed by atoms with E-state index < -0.39 is 0 Å². The largest absolute Gasteiger partial charge is 0.385 e. The monoisotopic (exact) mass is 280 g/mol. The SMILES string of the molecule is CCc1ccccc1C(=O)Nc1cccc2c1CCCN2. The highest BCUT2D eigenvalue weighted by Crippen LogP contribution is 2.29. The molecule has 2 aromatic rings. The van der Waals surface area contributed by atoms with Crippen molar-refractivity contribution in [2.75, 3.05) is 17.2 Å². The fourth-order valence-corrected chi connectivity index (χ4v) is 2.87. The Hall–Kier alpha value is -2.29. The zero-order valence-electron chi connectivity index (χ0n) is 12.3. The number of amides is 1. The average Bonchev–Trinajstić information content (AvgIpc) is 2.55. The van der Waals surface area contributed by atoms with E-state index in [0.717, 1.165) is 48.3 Å². The van der Waals surface area contributed by atoms with Crippen molar-refractivity contribution < 1.29 is 4.79 Å². The zero-order valence-corrected chi connectivity index (χ0v) is 12.3. The number of nitrogens with one attached hydrogen (secondary N) is 2. The highest BCUT2D eigenvalue weighted by Gasteiger charge is 2.16. The van der Waals surface area contributed by atoms with Gasteiger partial charge in [0.05, 0.1) is 0 Å². The summed E-state index contributed by atoms with van der Waals surface area (Å²) < 4.78 is 0. The topological polar surface area (TPSA) is 41.1 Å². The summed E-state index contributed by atoms with van der Waals surface area (Å²) in [5.74, 6) is -0.0218. The van der Waals surface area contributed by atoms with Gasteiger partial charge < -0.3 is 10.6 Å². The molecule has 3 nitrogen and oxygen atoms in total. The first-order valence-electron chi connectivity index (χ1n) is 7.54. The first kappa shape index (κ1) is 13.7. The van der Waals surface area contributed by atoms with E-state index in [2.05, 4.69) is 23.6 Å². The van der Waals surface area contributed by atoms with Gasteiger partial charge in [-0.2, -0.15) is 0 Å². The van der Waals surface area contributed by atoms with Gasteiger partial charge in [0.25, 0.3) is 5.91 Å². The van der Waals surface area contributed by atoms with Crippen LogP contribution in [0.25, 0.3) is 0 Å². The lowest BCUT2D eigenvalue weighted by Gasteiger charge is -2.21. The lowest BCUT2D eigenvalue weighted by molar-refractivity contribution is 0.102. The van der Waals surface area contributed by atoms with Crippen LogP contribution in [0.4, 0.5) is 11.4 Å². The van der Waals surface area contributed by atoms with Crippen LogP contribution in [0.1, 0.15) is 34.8 Å². The number of carbonyl (C=O) groups is 1. The summed E-state index contributed by atoms with van der Waals surface area (Å²) in [4.78, 5) is 12.5. The van der Waals surface area contributed by atoms with Crippen LogP contribution in [0, 0.1) is 0 Å². The Morgan fingerprint density at radius 2 is 2.05 bits per heavy atom. The minimum atomic E-state index is -0.0218. The van der Waals surface area contributed by atoms with Crippen LogP contribution < -0.4 is 10.6 Å². The third-order valence-corrected chi connectivity index (χ3v) is 3.99. The van der Waals surface area contributed by atoms with Gasteiger partial charge >= 0.3 is 0 Å². The molecule has 0 unspecified atom stereocenters. The molecule has 1 aliphatic rings. The summed E-state index contributed by atoms with van der Waals surface area (Å²) in [5, 5.41) is 6.47. The van der Waals surface area contributed by atoms with Crippen molar-refractivity contribution in [1.29, 1.82) is 0 Å². The second-order valence-electron chi connectivity index (χ2n) is 5.33. The molecule has 2 N–H and O–H groups in total. The highest BCUT2D eigenvalue weighted by molar-refractivity contribution is 6.06. The molecule has 1 heterocycles.